The smallest absolute Gasteiger partial charge is 0.254 e. The number of primary sulfonamides is 2. The van der Waals surface area contributed by atoms with Crippen molar-refractivity contribution in [3.8, 4) is 0 Å². The molecule has 13 heavy (non-hydrogen) atoms. The maximum atomic E-state index is 10.8. The van der Waals surface area contributed by atoms with Gasteiger partial charge < -0.3 is 4.98 Å². The normalized spacial score (nSPS) is 13.1. The van der Waals surface area contributed by atoms with Crippen molar-refractivity contribution in [3.05, 3.63) is 12.3 Å². The van der Waals surface area contributed by atoms with Gasteiger partial charge in [-0.05, 0) is 6.07 Å². The van der Waals surface area contributed by atoms with E-state index < -0.39 is 30.0 Å². The van der Waals surface area contributed by atoms with E-state index >= 15 is 0 Å². The quantitative estimate of drug-likeness (QED) is 0.553. The molecule has 0 amide bonds. The molecule has 0 atom stereocenters. The summed E-state index contributed by atoms with van der Waals surface area (Å²) in [5, 5.41) is 8.85. The Morgan fingerprint density at radius 3 is 1.92 bits per heavy atom. The van der Waals surface area contributed by atoms with Crippen LogP contribution < -0.4 is 10.3 Å². The predicted octanol–water partition coefficient (Wildman–Crippen LogP) is -1.69. The van der Waals surface area contributed by atoms with E-state index in [0.717, 1.165) is 12.3 Å². The van der Waals surface area contributed by atoms with Crippen molar-refractivity contribution >= 4 is 20.0 Å². The van der Waals surface area contributed by atoms with Crippen molar-refractivity contribution in [3.63, 3.8) is 0 Å². The van der Waals surface area contributed by atoms with Crippen LogP contribution in [-0.2, 0) is 20.0 Å². The highest BCUT2D eigenvalue weighted by atomic mass is 32.2. The number of aromatic nitrogens is 1. The third-order valence-corrected chi connectivity index (χ3v) is 3.25. The molecule has 0 aliphatic heterocycles. The van der Waals surface area contributed by atoms with Gasteiger partial charge in [-0.15, -0.1) is 0 Å². The standard InChI is InChI=1S/C4H7N3O4S2/c5-12(8,9)3-1-2-7-4(3)13(6,10)11/h1-2,7H,(H2,5,8,9)(H2,6,10,11). The molecule has 1 aromatic heterocycles. The Kier molecular flexibility index (Phi) is 2.20. The molecule has 1 heterocycles. The van der Waals surface area contributed by atoms with E-state index in [0.29, 0.717) is 0 Å². The summed E-state index contributed by atoms with van der Waals surface area (Å²) in [5.41, 5.74) is 0. The molecule has 0 radical (unpaired) electrons. The number of nitrogens with one attached hydrogen (secondary N) is 1. The Bertz CT molecular complexity index is 465. The van der Waals surface area contributed by atoms with E-state index in [1.54, 1.807) is 0 Å². The summed E-state index contributed by atoms with van der Waals surface area (Å²) in [6.07, 6.45) is 1.12. The summed E-state index contributed by atoms with van der Waals surface area (Å²) in [6, 6.07) is 1.02. The molecule has 0 bridgehead atoms. The van der Waals surface area contributed by atoms with Gasteiger partial charge in [-0.25, -0.2) is 27.1 Å². The van der Waals surface area contributed by atoms with Crippen LogP contribution in [0.25, 0.3) is 0 Å². The van der Waals surface area contributed by atoms with Crippen LogP contribution in [0.1, 0.15) is 0 Å². The SMILES string of the molecule is NS(=O)(=O)c1cc[nH]c1S(N)(=O)=O. The second-order valence-corrected chi connectivity index (χ2v) is 5.29. The fourth-order valence-corrected chi connectivity index (χ4v) is 2.64. The minimum atomic E-state index is -4.09. The van der Waals surface area contributed by atoms with Crippen molar-refractivity contribution in [2.45, 2.75) is 9.92 Å². The zero-order valence-corrected chi connectivity index (χ0v) is 7.89. The lowest BCUT2D eigenvalue weighted by Crippen LogP contribution is -2.19. The summed E-state index contributed by atoms with van der Waals surface area (Å²) in [7, 11) is -8.15. The fraction of sp³-hybridized carbons (Fsp3) is 0. The number of hydrogen-bond donors (Lipinski definition) is 3. The fourth-order valence-electron chi connectivity index (χ4n) is 0.786. The first-order valence-electron chi connectivity index (χ1n) is 2.96. The van der Waals surface area contributed by atoms with Crippen LogP contribution in [0.5, 0.6) is 0 Å². The molecule has 1 rings (SSSR count). The summed E-state index contributed by atoms with van der Waals surface area (Å²) < 4.78 is 43.2. The molecule has 0 aromatic carbocycles. The van der Waals surface area contributed by atoms with Crippen LogP contribution in [0, 0.1) is 0 Å². The monoisotopic (exact) mass is 225 g/mol. The Hall–Kier alpha value is -0.900. The summed E-state index contributed by atoms with van der Waals surface area (Å²) in [6.45, 7) is 0. The molecule has 0 saturated carbocycles. The highest BCUT2D eigenvalue weighted by Gasteiger charge is 2.22. The van der Waals surface area contributed by atoms with E-state index in [1.165, 1.54) is 0 Å². The van der Waals surface area contributed by atoms with Gasteiger partial charge in [-0.2, -0.15) is 0 Å². The number of H-pyrrole nitrogens is 1. The molecule has 5 N–H and O–H groups in total. The summed E-state index contributed by atoms with van der Waals surface area (Å²) in [4.78, 5) is 1.65. The number of sulfonamides is 2. The maximum Gasteiger partial charge on any atom is 0.254 e. The zero-order valence-electron chi connectivity index (χ0n) is 6.26. The molecule has 0 unspecified atom stereocenters. The minimum absolute atomic E-state index is 0.532. The summed E-state index contributed by atoms with van der Waals surface area (Å²) in [5.74, 6) is 0. The van der Waals surface area contributed by atoms with Crippen molar-refractivity contribution in [1.29, 1.82) is 0 Å². The predicted molar refractivity (Wildman–Crippen MR) is 43.5 cm³/mol. The van der Waals surface area contributed by atoms with Crippen LogP contribution in [0.4, 0.5) is 0 Å². The lowest BCUT2D eigenvalue weighted by atomic mass is 10.7. The van der Waals surface area contributed by atoms with Crippen LogP contribution >= 0.6 is 0 Å². The van der Waals surface area contributed by atoms with Crippen LogP contribution in [0.2, 0.25) is 0 Å². The van der Waals surface area contributed by atoms with Gasteiger partial charge in [-0.3, -0.25) is 0 Å². The number of nitrogens with two attached hydrogens (primary N) is 2. The van der Waals surface area contributed by atoms with E-state index in [2.05, 4.69) is 4.98 Å². The zero-order chi connectivity index (χ0) is 10.3. The van der Waals surface area contributed by atoms with Crippen LogP contribution in [-0.4, -0.2) is 21.8 Å². The van der Waals surface area contributed by atoms with Crippen LogP contribution in [0.15, 0.2) is 22.2 Å². The third-order valence-electron chi connectivity index (χ3n) is 1.26. The highest BCUT2D eigenvalue weighted by Crippen LogP contribution is 2.15. The lowest BCUT2D eigenvalue weighted by molar-refractivity contribution is 0.582. The van der Waals surface area contributed by atoms with Crippen molar-refractivity contribution in [1.82, 2.24) is 4.98 Å². The Morgan fingerprint density at radius 2 is 1.62 bits per heavy atom. The molecule has 74 valence electrons. The van der Waals surface area contributed by atoms with Gasteiger partial charge in [-0.1, -0.05) is 0 Å². The van der Waals surface area contributed by atoms with Gasteiger partial charge in [0, 0.05) is 6.20 Å². The second kappa shape index (κ2) is 2.80. The lowest BCUT2D eigenvalue weighted by Gasteiger charge is -1.97. The van der Waals surface area contributed by atoms with Crippen LogP contribution in [0.3, 0.4) is 0 Å². The van der Waals surface area contributed by atoms with Gasteiger partial charge in [0.1, 0.15) is 4.90 Å². The molecule has 0 aliphatic rings. The Balaban J connectivity index is 3.54. The van der Waals surface area contributed by atoms with E-state index in [-0.39, 0.29) is 0 Å². The van der Waals surface area contributed by atoms with Crippen molar-refractivity contribution in [2.75, 3.05) is 0 Å². The van der Waals surface area contributed by atoms with Crippen molar-refractivity contribution < 1.29 is 16.8 Å². The van der Waals surface area contributed by atoms with Gasteiger partial charge in [0.2, 0.25) is 10.0 Å². The Labute approximate surface area is 74.8 Å². The van der Waals surface area contributed by atoms with Gasteiger partial charge in [0.05, 0.1) is 0 Å². The van der Waals surface area contributed by atoms with Gasteiger partial charge in [0.15, 0.2) is 5.03 Å². The first-order chi connectivity index (χ1) is 5.73. The molecule has 0 fully saturated rings. The number of hydrogen-bond acceptors (Lipinski definition) is 4. The average Bonchev–Trinajstić information content (AvgIpc) is 2.27. The molecule has 1 aromatic rings. The van der Waals surface area contributed by atoms with Gasteiger partial charge >= 0.3 is 0 Å². The highest BCUT2D eigenvalue weighted by molar-refractivity contribution is 7.92. The molecular formula is C4H7N3O4S2. The topological polar surface area (TPSA) is 136 Å². The second-order valence-electron chi connectivity index (χ2n) is 2.26. The maximum absolute atomic E-state index is 10.8. The molecule has 9 heteroatoms. The molecular weight excluding hydrogens is 218 g/mol. The summed E-state index contributed by atoms with van der Waals surface area (Å²) >= 11 is 0. The molecule has 0 aliphatic carbocycles. The van der Waals surface area contributed by atoms with E-state index in [1.807, 2.05) is 0 Å². The van der Waals surface area contributed by atoms with E-state index in [4.69, 9.17) is 10.3 Å². The van der Waals surface area contributed by atoms with Crippen molar-refractivity contribution in [2.24, 2.45) is 10.3 Å². The van der Waals surface area contributed by atoms with E-state index in [9.17, 15) is 16.8 Å². The first-order valence-corrected chi connectivity index (χ1v) is 6.05. The average molecular weight is 225 g/mol. The number of aromatic amines is 1. The third kappa shape index (κ3) is 2.06. The molecule has 7 nitrogen and oxygen atoms in total. The number of rotatable bonds is 2. The Morgan fingerprint density at radius 1 is 1.08 bits per heavy atom. The molecule has 0 spiro atoms. The van der Waals surface area contributed by atoms with Gasteiger partial charge in [0.25, 0.3) is 10.0 Å². The largest absolute Gasteiger partial charge is 0.350 e. The minimum Gasteiger partial charge on any atom is -0.350 e. The first kappa shape index (κ1) is 10.2. The molecule has 0 saturated heterocycles.